The highest BCUT2D eigenvalue weighted by Gasteiger charge is 2.25. The van der Waals surface area contributed by atoms with Crippen LogP contribution in [0.2, 0.25) is 0 Å². The second-order valence-electron chi connectivity index (χ2n) is 7.24. The van der Waals surface area contributed by atoms with Crippen LogP contribution < -0.4 is 19.7 Å². The van der Waals surface area contributed by atoms with Gasteiger partial charge in [0.2, 0.25) is 5.91 Å². The highest BCUT2D eigenvalue weighted by Crippen LogP contribution is 2.33. The van der Waals surface area contributed by atoms with Crippen LogP contribution >= 0.6 is 0 Å². The number of para-hydroxylation sites is 1. The van der Waals surface area contributed by atoms with Gasteiger partial charge in [-0.25, -0.2) is 0 Å². The summed E-state index contributed by atoms with van der Waals surface area (Å²) in [5.41, 5.74) is 3.08. The average Bonchev–Trinajstić information content (AvgIpc) is 2.69. The van der Waals surface area contributed by atoms with Crippen LogP contribution in [0.25, 0.3) is 0 Å². The summed E-state index contributed by atoms with van der Waals surface area (Å²) in [4.78, 5) is 26.9. The second kappa shape index (κ2) is 8.33. The standard InChI is InChI=1S/C22H26N2O4/c1-14(2)13-24-18-10-9-16(12-15(18)8-11-20(24)25)23-22(26)17-6-5-7-19(27-3)21(17)28-4/h5-7,9-10,12,14H,8,11,13H2,1-4H3,(H,23,26). The Hall–Kier alpha value is -3.02. The Balaban J connectivity index is 1.85. The van der Waals surface area contributed by atoms with E-state index in [-0.39, 0.29) is 11.8 Å². The van der Waals surface area contributed by atoms with Gasteiger partial charge in [0.05, 0.1) is 19.8 Å². The Morgan fingerprint density at radius 2 is 1.93 bits per heavy atom. The van der Waals surface area contributed by atoms with Crippen molar-refractivity contribution in [2.45, 2.75) is 26.7 Å². The van der Waals surface area contributed by atoms with Crippen molar-refractivity contribution >= 4 is 23.2 Å². The number of hydrogen-bond acceptors (Lipinski definition) is 4. The van der Waals surface area contributed by atoms with Crippen molar-refractivity contribution < 1.29 is 19.1 Å². The lowest BCUT2D eigenvalue weighted by Gasteiger charge is -2.31. The summed E-state index contributed by atoms with van der Waals surface area (Å²) in [5.74, 6) is 1.16. The van der Waals surface area contributed by atoms with Gasteiger partial charge in [0.1, 0.15) is 0 Å². The lowest BCUT2D eigenvalue weighted by molar-refractivity contribution is -0.119. The third-order valence-corrected chi connectivity index (χ3v) is 4.73. The molecule has 0 fully saturated rings. The minimum Gasteiger partial charge on any atom is -0.493 e. The number of rotatable bonds is 6. The van der Waals surface area contributed by atoms with Crippen LogP contribution in [-0.2, 0) is 11.2 Å². The fourth-order valence-corrected chi connectivity index (χ4v) is 3.47. The third kappa shape index (κ3) is 3.96. The van der Waals surface area contributed by atoms with Crippen molar-refractivity contribution in [1.82, 2.24) is 0 Å². The van der Waals surface area contributed by atoms with E-state index in [1.165, 1.54) is 14.2 Å². The SMILES string of the molecule is COc1cccc(C(=O)Nc2ccc3c(c2)CCC(=O)N3CC(C)C)c1OC. The first-order valence-electron chi connectivity index (χ1n) is 9.40. The molecule has 0 bridgehead atoms. The van der Waals surface area contributed by atoms with Gasteiger partial charge in [-0.15, -0.1) is 0 Å². The summed E-state index contributed by atoms with van der Waals surface area (Å²) < 4.78 is 10.6. The van der Waals surface area contributed by atoms with E-state index in [1.54, 1.807) is 18.2 Å². The molecule has 0 saturated carbocycles. The van der Waals surface area contributed by atoms with Gasteiger partial charge >= 0.3 is 0 Å². The largest absolute Gasteiger partial charge is 0.493 e. The van der Waals surface area contributed by atoms with E-state index in [9.17, 15) is 9.59 Å². The number of carbonyl (C=O) groups is 2. The van der Waals surface area contributed by atoms with Crippen molar-refractivity contribution in [1.29, 1.82) is 0 Å². The third-order valence-electron chi connectivity index (χ3n) is 4.73. The van der Waals surface area contributed by atoms with Crippen molar-refractivity contribution in [3.8, 4) is 11.5 Å². The van der Waals surface area contributed by atoms with Gasteiger partial charge in [0.15, 0.2) is 11.5 Å². The van der Waals surface area contributed by atoms with Crippen LogP contribution in [0.15, 0.2) is 36.4 Å². The maximum absolute atomic E-state index is 12.8. The summed E-state index contributed by atoms with van der Waals surface area (Å²) in [6.45, 7) is 4.88. The first kappa shape index (κ1) is 19.7. The maximum atomic E-state index is 12.8. The van der Waals surface area contributed by atoms with Crippen molar-refractivity contribution in [2.24, 2.45) is 5.92 Å². The number of nitrogens with zero attached hydrogens (tertiary/aromatic N) is 1. The molecule has 0 aromatic heterocycles. The second-order valence-corrected chi connectivity index (χ2v) is 7.24. The zero-order valence-electron chi connectivity index (χ0n) is 16.7. The van der Waals surface area contributed by atoms with Gasteiger partial charge in [0.25, 0.3) is 5.91 Å². The highest BCUT2D eigenvalue weighted by molar-refractivity contribution is 6.07. The molecule has 0 aliphatic carbocycles. The molecule has 6 nitrogen and oxygen atoms in total. The molecule has 2 aromatic rings. The summed E-state index contributed by atoms with van der Waals surface area (Å²) in [7, 11) is 3.04. The molecule has 148 valence electrons. The number of nitrogens with one attached hydrogen (secondary N) is 1. The number of benzene rings is 2. The van der Waals surface area contributed by atoms with Crippen LogP contribution in [0.4, 0.5) is 11.4 Å². The molecule has 0 spiro atoms. The first-order valence-corrected chi connectivity index (χ1v) is 9.40. The van der Waals surface area contributed by atoms with E-state index in [0.29, 0.717) is 48.1 Å². The zero-order valence-corrected chi connectivity index (χ0v) is 16.7. The average molecular weight is 382 g/mol. The number of fused-ring (bicyclic) bond motifs is 1. The molecule has 1 aliphatic heterocycles. The summed E-state index contributed by atoms with van der Waals surface area (Å²) in [6.07, 6.45) is 1.16. The molecule has 2 amide bonds. The van der Waals surface area contributed by atoms with E-state index in [2.05, 4.69) is 19.2 Å². The smallest absolute Gasteiger partial charge is 0.259 e. The molecular weight excluding hydrogens is 356 g/mol. The Labute approximate surface area is 165 Å². The molecule has 1 N–H and O–H groups in total. The Morgan fingerprint density at radius 3 is 2.61 bits per heavy atom. The quantitative estimate of drug-likeness (QED) is 0.823. The number of methoxy groups -OCH3 is 2. The lowest BCUT2D eigenvalue weighted by Crippen LogP contribution is -2.37. The van der Waals surface area contributed by atoms with E-state index in [1.807, 2.05) is 23.1 Å². The fourth-order valence-electron chi connectivity index (χ4n) is 3.47. The number of ether oxygens (including phenoxy) is 2. The summed E-state index contributed by atoms with van der Waals surface area (Å²) in [5, 5.41) is 2.92. The van der Waals surface area contributed by atoms with E-state index < -0.39 is 0 Å². The van der Waals surface area contributed by atoms with Crippen molar-refractivity contribution in [2.75, 3.05) is 31.0 Å². The van der Waals surface area contributed by atoms with Gasteiger partial charge in [-0.2, -0.15) is 0 Å². The molecule has 6 heteroatoms. The Bertz CT molecular complexity index is 892. The molecule has 3 rings (SSSR count). The van der Waals surface area contributed by atoms with Crippen LogP contribution in [0.1, 0.15) is 36.2 Å². The van der Waals surface area contributed by atoms with Crippen LogP contribution in [0, 0.1) is 5.92 Å². The zero-order chi connectivity index (χ0) is 20.3. The highest BCUT2D eigenvalue weighted by atomic mass is 16.5. The van der Waals surface area contributed by atoms with Gasteiger partial charge in [-0.3, -0.25) is 9.59 Å². The van der Waals surface area contributed by atoms with E-state index in [0.717, 1.165) is 11.3 Å². The van der Waals surface area contributed by atoms with Crippen LogP contribution in [0.5, 0.6) is 11.5 Å². The molecular formula is C22H26N2O4. The molecule has 1 aliphatic rings. The van der Waals surface area contributed by atoms with Crippen molar-refractivity contribution in [3.05, 3.63) is 47.5 Å². The van der Waals surface area contributed by atoms with Gasteiger partial charge in [-0.1, -0.05) is 19.9 Å². The predicted molar refractivity (Wildman–Crippen MR) is 109 cm³/mol. The number of anilines is 2. The monoisotopic (exact) mass is 382 g/mol. The van der Waals surface area contributed by atoms with Gasteiger partial charge < -0.3 is 19.7 Å². The topological polar surface area (TPSA) is 67.9 Å². The first-order chi connectivity index (χ1) is 13.4. The summed E-state index contributed by atoms with van der Waals surface area (Å²) in [6, 6.07) is 10.9. The Morgan fingerprint density at radius 1 is 1.14 bits per heavy atom. The molecule has 2 aromatic carbocycles. The minimum absolute atomic E-state index is 0.152. The lowest BCUT2D eigenvalue weighted by atomic mass is 9.99. The molecule has 0 radical (unpaired) electrons. The van der Waals surface area contributed by atoms with E-state index >= 15 is 0 Å². The molecule has 28 heavy (non-hydrogen) atoms. The van der Waals surface area contributed by atoms with E-state index in [4.69, 9.17) is 9.47 Å². The number of carbonyl (C=O) groups excluding carboxylic acids is 2. The number of aryl methyl sites for hydroxylation is 1. The maximum Gasteiger partial charge on any atom is 0.259 e. The van der Waals surface area contributed by atoms with Gasteiger partial charge in [-0.05, 0) is 48.2 Å². The molecule has 0 atom stereocenters. The normalized spacial score (nSPS) is 13.3. The fraction of sp³-hybridized carbons (Fsp3) is 0.364. The molecule has 0 unspecified atom stereocenters. The van der Waals surface area contributed by atoms with Crippen LogP contribution in [0.3, 0.4) is 0 Å². The minimum atomic E-state index is -0.276. The summed E-state index contributed by atoms with van der Waals surface area (Å²) >= 11 is 0. The predicted octanol–water partition coefficient (Wildman–Crippen LogP) is 3.89. The number of hydrogen-bond donors (Lipinski definition) is 1. The van der Waals surface area contributed by atoms with Crippen molar-refractivity contribution in [3.63, 3.8) is 0 Å². The molecule has 1 heterocycles. The van der Waals surface area contributed by atoms with Gasteiger partial charge in [0, 0.05) is 24.3 Å². The number of amides is 2. The molecule has 0 saturated heterocycles. The van der Waals surface area contributed by atoms with Crippen LogP contribution in [-0.4, -0.2) is 32.6 Å². The Kier molecular flexibility index (Phi) is 5.87.